The zero-order valence-electron chi connectivity index (χ0n) is 14.4. The van der Waals surface area contributed by atoms with E-state index in [4.69, 9.17) is 0 Å². The van der Waals surface area contributed by atoms with Crippen LogP contribution in [-0.4, -0.2) is 22.7 Å². The second-order valence-electron chi connectivity index (χ2n) is 5.57. The fourth-order valence-corrected chi connectivity index (χ4v) is 2.95. The first-order valence-corrected chi connectivity index (χ1v) is 8.90. The maximum Gasteiger partial charge on any atom is 0.275 e. The zero-order valence-corrected chi connectivity index (χ0v) is 15.2. The van der Waals surface area contributed by atoms with Crippen LogP contribution in [0.1, 0.15) is 27.8 Å². The van der Waals surface area contributed by atoms with E-state index in [2.05, 4.69) is 20.9 Å². The molecule has 7 nitrogen and oxygen atoms in total. The topological polar surface area (TPSA) is 100 Å². The van der Waals surface area contributed by atoms with Gasteiger partial charge in [0.1, 0.15) is 5.69 Å². The molecular formula is C19H16N4O3S. The van der Waals surface area contributed by atoms with Gasteiger partial charge in [0, 0.05) is 29.2 Å². The van der Waals surface area contributed by atoms with Crippen molar-refractivity contribution in [1.29, 1.82) is 0 Å². The van der Waals surface area contributed by atoms with Crippen LogP contribution in [0.25, 0.3) is 0 Å². The predicted octanol–water partition coefficient (Wildman–Crippen LogP) is 3.61. The van der Waals surface area contributed by atoms with Gasteiger partial charge in [-0.3, -0.25) is 19.7 Å². The molecule has 0 aliphatic rings. The quantitative estimate of drug-likeness (QED) is 0.629. The van der Waals surface area contributed by atoms with Crippen molar-refractivity contribution in [2.24, 2.45) is 0 Å². The fourth-order valence-electron chi connectivity index (χ4n) is 2.27. The van der Waals surface area contributed by atoms with Crippen molar-refractivity contribution in [3.05, 3.63) is 71.2 Å². The molecule has 136 valence electrons. The normalized spacial score (nSPS) is 10.1. The molecule has 3 N–H and O–H groups in total. The first-order valence-electron chi connectivity index (χ1n) is 8.02. The Morgan fingerprint density at radius 1 is 0.852 bits per heavy atom. The predicted molar refractivity (Wildman–Crippen MR) is 105 cm³/mol. The third-order valence-electron chi connectivity index (χ3n) is 3.43. The Morgan fingerprint density at radius 3 is 2.26 bits per heavy atom. The number of hydrogen-bond acceptors (Lipinski definition) is 5. The summed E-state index contributed by atoms with van der Waals surface area (Å²) in [6, 6.07) is 15.5. The Labute approximate surface area is 159 Å². The third-order valence-corrected chi connectivity index (χ3v) is 4.19. The van der Waals surface area contributed by atoms with Crippen LogP contribution in [0.5, 0.6) is 0 Å². The highest BCUT2D eigenvalue weighted by Gasteiger charge is 2.13. The number of carbonyl (C=O) groups excluding carboxylic acids is 3. The van der Waals surface area contributed by atoms with Crippen LogP contribution < -0.4 is 16.0 Å². The summed E-state index contributed by atoms with van der Waals surface area (Å²) in [5.74, 6) is -0.900. The second-order valence-corrected chi connectivity index (χ2v) is 6.43. The molecule has 0 unspecified atom stereocenters. The first kappa shape index (κ1) is 18.3. The van der Waals surface area contributed by atoms with Crippen molar-refractivity contribution in [2.75, 3.05) is 16.0 Å². The molecule has 0 aliphatic carbocycles. The van der Waals surface area contributed by atoms with Gasteiger partial charge in [-0.25, -0.2) is 4.98 Å². The van der Waals surface area contributed by atoms with E-state index >= 15 is 0 Å². The third kappa shape index (κ3) is 4.99. The summed E-state index contributed by atoms with van der Waals surface area (Å²) in [7, 11) is 0. The maximum absolute atomic E-state index is 12.3. The molecule has 3 aromatic rings. The summed E-state index contributed by atoms with van der Waals surface area (Å²) < 4.78 is 0. The van der Waals surface area contributed by atoms with Crippen LogP contribution >= 0.6 is 11.3 Å². The van der Waals surface area contributed by atoms with Crippen LogP contribution in [0, 0.1) is 0 Å². The lowest BCUT2D eigenvalue weighted by Crippen LogP contribution is -2.14. The molecule has 0 fully saturated rings. The fraction of sp³-hybridized carbons (Fsp3) is 0.0526. The number of rotatable bonds is 5. The number of aromatic nitrogens is 1. The summed E-state index contributed by atoms with van der Waals surface area (Å²) in [4.78, 5) is 39.7. The monoisotopic (exact) mass is 380 g/mol. The molecule has 0 spiro atoms. The van der Waals surface area contributed by atoms with Gasteiger partial charge in [-0.1, -0.05) is 24.3 Å². The van der Waals surface area contributed by atoms with Gasteiger partial charge in [-0.15, -0.1) is 11.3 Å². The Hall–Kier alpha value is -3.52. The van der Waals surface area contributed by atoms with Crippen LogP contribution in [-0.2, 0) is 4.79 Å². The molecule has 0 saturated heterocycles. The molecule has 27 heavy (non-hydrogen) atoms. The molecule has 2 aromatic carbocycles. The van der Waals surface area contributed by atoms with E-state index in [1.807, 2.05) is 6.07 Å². The highest BCUT2D eigenvalue weighted by molar-refractivity contribution is 7.14. The highest BCUT2D eigenvalue weighted by Crippen LogP contribution is 2.19. The van der Waals surface area contributed by atoms with Crippen molar-refractivity contribution in [1.82, 2.24) is 4.98 Å². The van der Waals surface area contributed by atoms with Gasteiger partial charge < -0.3 is 10.6 Å². The summed E-state index contributed by atoms with van der Waals surface area (Å²) in [5.41, 5.74) is 1.80. The van der Waals surface area contributed by atoms with Crippen molar-refractivity contribution >= 4 is 45.6 Å². The molecule has 1 heterocycles. The van der Waals surface area contributed by atoms with Gasteiger partial charge in [0.25, 0.3) is 11.8 Å². The van der Waals surface area contributed by atoms with Gasteiger partial charge >= 0.3 is 0 Å². The zero-order chi connectivity index (χ0) is 19.2. The Balaban J connectivity index is 1.65. The van der Waals surface area contributed by atoms with Gasteiger partial charge in [0.15, 0.2) is 5.13 Å². The number of benzene rings is 2. The molecule has 0 bridgehead atoms. The smallest absolute Gasteiger partial charge is 0.275 e. The number of hydrogen-bond donors (Lipinski definition) is 3. The van der Waals surface area contributed by atoms with E-state index in [9.17, 15) is 14.4 Å². The molecule has 0 saturated carbocycles. The maximum atomic E-state index is 12.3. The van der Waals surface area contributed by atoms with Crippen LogP contribution in [0.15, 0.2) is 60.0 Å². The molecule has 3 amide bonds. The lowest BCUT2D eigenvalue weighted by Gasteiger charge is -2.06. The van der Waals surface area contributed by atoms with Crippen molar-refractivity contribution < 1.29 is 14.4 Å². The molecule has 3 rings (SSSR count). The SMILES string of the molecule is CC(=O)Nc1cccc(NC(=O)c2csc(NC(=O)c3ccccc3)n2)c1. The summed E-state index contributed by atoms with van der Waals surface area (Å²) in [6.07, 6.45) is 0. The molecule has 0 atom stereocenters. The Morgan fingerprint density at radius 2 is 1.56 bits per heavy atom. The lowest BCUT2D eigenvalue weighted by molar-refractivity contribution is -0.114. The average Bonchev–Trinajstić information content (AvgIpc) is 3.11. The number of amides is 3. The van der Waals surface area contributed by atoms with E-state index < -0.39 is 5.91 Å². The Bertz CT molecular complexity index is 985. The lowest BCUT2D eigenvalue weighted by atomic mass is 10.2. The molecule has 8 heteroatoms. The summed E-state index contributed by atoms with van der Waals surface area (Å²) >= 11 is 1.16. The molecule has 0 radical (unpaired) electrons. The summed E-state index contributed by atoms with van der Waals surface area (Å²) in [6.45, 7) is 1.41. The number of anilines is 3. The van der Waals surface area contributed by atoms with Crippen molar-refractivity contribution in [3.63, 3.8) is 0 Å². The van der Waals surface area contributed by atoms with Gasteiger partial charge in [0.2, 0.25) is 5.91 Å². The minimum absolute atomic E-state index is 0.188. The van der Waals surface area contributed by atoms with E-state index in [1.54, 1.807) is 53.9 Å². The highest BCUT2D eigenvalue weighted by atomic mass is 32.1. The van der Waals surface area contributed by atoms with Crippen molar-refractivity contribution in [2.45, 2.75) is 6.92 Å². The first-order chi connectivity index (χ1) is 13.0. The minimum atomic E-state index is -0.411. The number of nitrogens with one attached hydrogen (secondary N) is 3. The van der Waals surface area contributed by atoms with E-state index in [-0.39, 0.29) is 17.5 Å². The molecule has 1 aromatic heterocycles. The van der Waals surface area contributed by atoms with Crippen molar-refractivity contribution in [3.8, 4) is 0 Å². The average molecular weight is 380 g/mol. The standard InChI is InChI=1S/C19H16N4O3S/c1-12(24)20-14-8-5-9-15(10-14)21-18(26)16-11-27-19(22-16)23-17(25)13-6-3-2-4-7-13/h2-11H,1H3,(H,20,24)(H,21,26)(H,22,23,25). The Kier molecular flexibility index (Phi) is 5.58. The van der Waals surface area contributed by atoms with E-state index in [0.717, 1.165) is 11.3 Å². The molecule has 0 aliphatic heterocycles. The van der Waals surface area contributed by atoms with Gasteiger partial charge in [-0.05, 0) is 30.3 Å². The number of carbonyl (C=O) groups is 3. The van der Waals surface area contributed by atoms with Gasteiger partial charge in [-0.2, -0.15) is 0 Å². The largest absolute Gasteiger partial charge is 0.326 e. The van der Waals surface area contributed by atoms with Gasteiger partial charge in [0.05, 0.1) is 0 Å². The van der Waals surface area contributed by atoms with E-state index in [1.165, 1.54) is 6.92 Å². The number of thiazole rings is 1. The van der Waals surface area contributed by atoms with Crippen LogP contribution in [0.3, 0.4) is 0 Å². The van der Waals surface area contributed by atoms with Crippen LogP contribution in [0.4, 0.5) is 16.5 Å². The summed E-state index contributed by atoms with van der Waals surface area (Å²) in [5, 5.41) is 9.93. The van der Waals surface area contributed by atoms with Crippen LogP contribution in [0.2, 0.25) is 0 Å². The molecular weight excluding hydrogens is 364 g/mol. The second kappa shape index (κ2) is 8.24. The minimum Gasteiger partial charge on any atom is -0.326 e. The van der Waals surface area contributed by atoms with E-state index in [0.29, 0.717) is 22.1 Å². The number of nitrogens with zero attached hydrogens (tertiary/aromatic N) is 1.